The molecule has 0 aliphatic heterocycles. The Morgan fingerprint density at radius 2 is 1.96 bits per heavy atom. The Kier molecular flexibility index (Phi) is 3.92. The van der Waals surface area contributed by atoms with Crippen LogP contribution < -0.4 is 16.5 Å². The maximum Gasteiger partial charge on any atom is 0.201 e. The standard InChI is InChI=1S/C16H19N7/c1-9(2)10-3-5-11(6-4-10)19-7-12-8-20-15-13(21-12)14(17)22-16(18)23-15/h3-6,8-9,19H,7H2,1-2H3,(H4,17,18,20,22,23). The smallest absolute Gasteiger partial charge is 0.201 e. The third-order valence-corrected chi connectivity index (χ3v) is 3.57. The summed E-state index contributed by atoms with van der Waals surface area (Å²) in [6, 6.07) is 8.33. The average molecular weight is 309 g/mol. The van der Waals surface area contributed by atoms with E-state index in [1.165, 1.54) is 5.56 Å². The molecule has 0 aliphatic rings. The molecular formula is C16H19N7. The first-order valence-electron chi connectivity index (χ1n) is 7.43. The molecule has 3 aromatic rings. The van der Waals surface area contributed by atoms with Gasteiger partial charge in [-0.25, -0.2) is 9.97 Å². The second-order valence-corrected chi connectivity index (χ2v) is 5.66. The molecule has 0 spiro atoms. The molecule has 0 saturated carbocycles. The molecule has 0 atom stereocenters. The number of nitrogen functional groups attached to an aromatic ring is 1. The molecule has 23 heavy (non-hydrogen) atoms. The zero-order valence-corrected chi connectivity index (χ0v) is 13.1. The number of nitrogens with one attached hydrogen (secondary N) is 3. The van der Waals surface area contributed by atoms with Crippen molar-refractivity contribution in [1.29, 1.82) is 5.41 Å². The van der Waals surface area contributed by atoms with Crippen LogP contribution in [0, 0.1) is 5.41 Å². The molecule has 0 bridgehead atoms. The van der Waals surface area contributed by atoms with Crippen LogP contribution in [0.2, 0.25) is 0 Å². The van der Waals surface area contributed by atoms with E-state index in [0.29, 0.717) is 23.6 Å². The summed E-state index contributed by atoms with van der Waals surface area (Å²) in [6.07, 6.45) is 1.64. The van der Waals surface area contributed by atoms with E-state index in [2.05, 4.69) is 63.4 Å². The monoisotopic (exact) mass is 309 g/mol. The van der Waals surface area contributed by atoms with Crippen LogP contribution in [-0.2, 0) is 6.54 Å². The maximum atomic E-state index is 7.86. The number of hydrogen-bond donors (Lipinski definition) is 4. The topological polar surface area (TPSA) is 116 Å². The summed E-state index contributed by atoms with van der Waals surface area (Å²) < 4.78 is 0. The van der Waals surface area contributed by atoms with Gasteiger partial charge in [-0.2, -0.15) is 4.98 Å². The van der Waals surface area contributed by atoms with Crippen molar-refractivity contribution in [2.24, 2.45) is 0 Å². The van der Waals surface area contributed by atoms with Crippen LogP contribution in [0.1, 0.15) is 31.0 Å². The normalized spacial score (nSPS) is 11.1. The number of anilines is 2. The van der Waals surface area contributed by atoms with Gasteiger partial charge < -0.3 is 16.0 Å². The van der Waals surface area contributed by atoms with E-state index in [1.807, 2.05) is 0 Å². The molecule has 7 heteroatoms. The van der Waals surface area contributed by atoms with Crippen molar-refractivity contribution in [1.82, 2.24) is 19.9 Å². The van der Waals surface area contributed by atoms with Crippen LogP contribution in [0.4, 0.5) is 11.6 Å². The summed E-state index contributed by atoms with van der Waals surface area (Å²) >= 11 is 0. The van der Waals surface area contributed by atoms with Crippen LogP contribution in [0.15, 0.2) is 30.5 Å². The van der Waals surface area contributed by atoms with Crippen LogP contribution in [0.25, 0.3) is 11.2 Å². The fourth-order valence-electron chi connectivity index (χ4n) is 2.26. The van der Waals surface area contributed by atoms with Crippen molar-refractivity contribution in [2.45, 2.75) is 26.3 Å². The largest absolute Gasteiger partial charge is 0.379 e. The van der Waals surface area contributed by atoms with Gasteiger partial charge in [0.2, 0.25) is 5.95 Å². The maximum absolute atomic E-state index is 7.86. The number of aromatic nitrogens is 4. The Morgan fingerprint density at radius 3 is 2.65 bits per heavy atom. The van der Waals surface area contributed by atoms with E-state index in [1.54, 1.807) is 6.20 Å². The fourth-order valence-corrected chi connectivity index (χ4v) is 2.26. The Labute approximate surface area is 133 Å². The minimum Gasteiger partial charge on any atom is -0.379 e. The number of rotatable bonds is 4. The van der Waals surface area contributed by atoms with Gasteiger partial charge in [0.25, 0.3) is 0 Å². The Bertz CT molecular complexity index is 881. The van der Waals surface area contributed by atoms with Gasteiger partial charge in [0, 0.05) is 5.69 Å². The first-order chi connectivity index (χ1) is 11.0. The first kappa shape index (κ1) is 15.0. The number of aromatic amines is 1. The van der Waals surface area contributed by atoms with E-state index < -0.39 is 0 Å². The average Bonchev–Trinajstić information content (AvgIpc) is 2.53. The minimum absolute atomic E-state index is 0.114. The lowest BCUT2D eigenvalue weighted by Gasteiger charge is -2.09. The number of benzene rings is 1. The lowest BCUT2D eigenvalue weighted by atomic mass is 10.0. The number of nitrogens with zero attached hydrogens (tertiary/aromatic N) is 3. The Balaban J connectivity index is 1.78. The van der Waals surface area contributed by atoms with Crippen LogP contribution in [0.5, 0.6) is 0 Å². The van der Waals surface area contributed by atoms with Crippen molar-refractivity contribution in [3.8, 4) is 0 Å². The number of fused-ring (bicyclic) bond motifs is 1. The van der Waals surface area contributed by atoms with E-state index in [0.717, 1.165) is 11.4 Å². The molecule has 0 aliphatic carbocycles. The van der Waals surface area contributed by atoms with E-state index in [4.69, 9.17) is 11.1 Å². The highest BCUT2D eigenvalue weighted by Gasteiger charge is 2.05. The van der Waals surface area contributed by atoms with Gasteiger partial charge in [0.1, 0.15) is 0 Å². The SMILES string of the molecule is CC(C)c1ccc(NCc2cnc3nc(N)[nH]c(=N)c3n2)cc1. The first-order valence-corrected chi connectivity index (χ1v) is 7.43. The number of hydrogen-bond acceptors (Lipinski definition) is 6. The zero-order chi connectivity index (χ0) is 16.4. The lowest BCUT2D eigenvalue weighted by Crippen LogP contribution is -2.15. The molecule has 0 unspecified atom stereocenters. The van der Waals surface area contributed by atoms with E-state index in [-0.39, 0.29) is 11.4 Å². The second-order valence-electron chi connectivity index (χ2n) is 5.66. The molecule has 0 amide bonds. The molecule has 3 rings (SSSR count). The van der Waals surface area contributed by atoms with Crippen molar-refractivity contribution >= 4 is 22.8 Å². The summed E-state index contributed by atoms with van der Waals surface area (Å²) in [5.41, 5.74) is 9.52. The Hall–Kier alpha value is -2.96. The highest BCUT2D eigenvalue weighted by Crippen LogP contribution is 2.17. The van der Waals surface area contributed by atoms with Crippen molar-refractivity contribution in [3.63, 3.8) is 0 Å². The molecule has 0 radical (unpaired) electrons. The molecule has 2 heterocycles. The molecule has 7 nitrogen and oxygen atoms in total. The summed E-state index contributed by atoms with van der Waals surface area (Å²) in [5.74, 6) is 0.676. The molecule has 2 aromatic heterocycles. The van der Waals surface area contributed by atoms with Crippen molar-refractivity contribution in [2.75, 3.05) is 11.1 Å². The van der Waals surface area contributed by atoms with Crippen molar-refractivity contribution < 1.29 is 0 Å². The molecule has 0 saturated heterocycles. The van der Waals surface area contributed by atoms with Gasteiger partial charge in [-0.05, 0) is 23.6 Å². The van der Waals surface area contributed by atoms with Crippen molar-refractivity contribution in [3.05, 3.63) is 47.2 Å². The molecule has 1 aromatic carbocycles. The van der Waals surface area contributed by atoms with Gasteiger partial charge in [-0.3, -0.25) is 5.41 Å². The second kappa shape index (κ2) is 6.04. The molecule has 5 N–H and O–H groups in total. The molecule has 0 fully saturated rings. The summed E-state index contributed by atoms with van der Waals surface area (Å²) in [6.45, 7) is 4.86. The predicted octanol–water partition coefficient (Wildman–Crippen LogP) is 2.15. The number of nitrogens with two attached hydrogens (primary N) is 1. The third-order valence-electron chi connectivity index (χ3n) is 3.57. The van der Waals surface area contributed by atoms with Gasteiger partial charge in [0.15, 0.2) is 16.7 Å². The van der Waals surface area contributed by atoms with Crippen LogP contribution >= 0.6 is 0 Å². The third kappa shape index (κ3) is 3.28. The van der Waals surface area contributed by atoms with E-state index >= 15 is 0 Å². The van der Waals surface area contributed by atoms with Crippen LogP contribution in [0.3, 0.4) is 0 Å². The van der Waals surface area contributed by atoms with E-state index in [9.17, 15) is 0 Å². The molecule has 118 valence electrons. The van der Waals surface area contributed by atoms with Gasteiger partial charge in [-0.15, -0.1) is 0 Å². The van der Waals surface area contributed by atoms with Crippen LogP contribution in [-0.4, -0.2) is 19.9 Å². The lowest BCUT2D eigenvalue weighted by molar-refractivity contribution is 0.866. The summed E-state index contributed by atoms with van der Waals surface area (Å²) in [5, 5.41) is 11.2. The number of H-pyrrole nitrogens is 1. The molecular weight excluding hydrogens is 290 g/mol. The quantitative estimate of drug-likeness (QED) is 0.589. The predicted molar refractivity (Wildman–Crippen MR) is 89.8 cm³/mol. The van der Waals surface area contributed by atoms with Gasteiger partial charge >= 0.3 is 0 Å². The highest BCUT2D eigenvalue weighted by molar-refractivity contribution is 5.68. The summed E-state index contributed by atoms with van der Waals surface area (Å²) in [4.78, 5) is 15.3. The zero-order valence-electron chi connectivity index (χ0n) is 13.1. The highest BCUT2D eigenvalue weighted by atomic mass is 15.1. The van der Waals surface area contributed by atoms with Gasteiger partial charge in [0.05, 0.1) is 18.4 Å². The van der Waals surface area contributed by atoms with Gasteiger partial charge in [-0.1, -0.05) is 26.0 Å². The Morgan fingerprint density at radius 1 is 1.22 bits per heavy atom. The fraction of sp³-hybridized carbons (Fsp3) is 0.250. The summed E-state index contributed by atoms with van der Waals surface area (Å²) in [7, 11) is 0. The minimum atomic E-state index is 0.114.